The molecule has 0 aliphatic rings. The van der Waals surface area contributed by atoms with Crippen LogP contribution >= 0.6 is 25.3 Å². The molecule has 0 fully saturated rings. The Balaban J connectivity index is 2.81. The summed E-state index contributed by atoms with van der Waals surface area (Å²) in [7, 11) is 0. The van der Waals surface area contributed by atoms with Crippen molar-refractivity contribution in [2.45, 2.75) is 17.4 Å². The summed E-state index contributed by atoms with van der Waals surface area (Å²) < 4.78 is -0.752. The predicted molar refractivity (Wildman–Crippen MR) is 69.9 cm³/mol. The summed E-state index contributed by atoms with van der Waals surface area (Å²) in [4.78, 5) is 14.8. The van der Waals surface area contributed by atoms with Crippen LogP contribution < -0.4 is 0 Å². The minimum Gasteiger partial charge on any atom is -0.478 e. The molecule has 0 aliphatic heterocycles. The van der Waals surface area contributed by atoms with Crippen LogP contribution in [0.5, 0.6) is 0 Å². The van der Waals surface area contributed by atoms with Crippen molar-refractivity contribution in [1.82, 2.24) is 4.98 Å². The van der Waals surface area contributed by atoms with Crippen molar-refractivity contribution in [1.29, 1.82) is 0 Å². The summed E-state index contributed by atoms with van der Waals surface area (Å²) in [6.07, 6.45) is 3.65. The molecule has 1 rings (SSSR count). The van der Waals surface area contributed by atoms with Crippen LogP contribution in [0.15, 0.2) is 36.0 Å². The van der Waals surface area contributed by atoms with E-state index in [-0.39, 0.29) is 5.57 Å². The van der Waals surface area contributed by atoms with Gasteiger partial charge in [-0.25, -0.2) is 4.79 Å². The van der Waals surface area contributed by atoms with Gasteiger partial charge < -0.3 is 5.11 Å². The molecule has 5 heteroatoms. The Hall–Kier alpha value is -0.940. The molecule has 0 radical (unpaired) electrons. The fourth-order valence-electron chi connectivity index (χ4n) is 1.09. The molecule has 1 heterocycles. The number of pyridine rings is 1. The van der Waals surface area contributed by atoms with Gasteiger partial charge in [0.1, 0.15) is 4.08 Å². The quantitative estimate of drug-likeness (QED) is 0.440. The summed E-state index contributed by atoms with van der Waals surface area (Å²) in [5, 5.41) is 8.72. The van der Waals surface area contributed by atoms with Crippen molar-refractivity contribution in [3.8, 4) is 0 Å². The first-order valence-corrected chi connectivity index (χ1v) is 5.59. The minimum absolute atomic E-state index is 0.281. The lowest BCUT2D eigenvalue weighted by atomic mass is 10.1. The number of hydrogen-bond acceptors (Lipinski definition) is 4. The molecule has 1 aromatic rings. The Morgan fingerprint density at radius 1 is 1.56 bits per heavy atom. The van der Waals surface area contributed by atoms with Crippen LogP contribution in [0.1, 0.15) is 19.0 Å². The van der Waals surface area contributed by atoms with Crippen LogP contribution in [-0.2, 0) is 8.87 Å². The number of thiol groups is 2. The number of hydrogen-bond donors (Lipinski definition) is 3. The highest BCUT2D eigenvalue weighted by molar-refractivity contribution is 7.99. The number of aliphatic carboxylic acids is 1. The van der Waals surface area contributed by atoms with Crippen molar-refractivity contribution >= 4 is 31.2 Å². The Labute approximate surface area is 105 Å². The molecule has 3 nitrogen and oxygen atoms in total. The third kappa shape index (κ3) is 3.57. The van der Waals surface area contributed by atoms with Gasteiger partial charge in [0.05, 0.1) is 5.69 Å². The maximum absolute atomic E-state index is 10.6. The van der Waals surface area contributed by atoms with Crippen molar-refractivity contribution in [2.24, 2.45) is 0 Å². The van der Waals surface area contributed by atoms with Crippen LogP contribution in [0.4, 0.5) is 0 Å². The fraction of sp³-hybridized carbons (Fsp3) is 0.273. The first-order chi connectivity index (χ1) is 7.43. The molecular weight excluding hydrogens is 242 g/mol. The Morgan fingerprint density at radius 3 is 2.75 bits per heavy atom. The number of aromatic nitrogens is 1. The lowest BCUT2D eigenvalue weighted by Crippen LogP contribution is -2.12. The molecule has 0 atom stereocenters. The van der Waals surface area contributed by atoms with Crippen LogP contribution in [-0.4, -0.2) is 16.1 Å². The molecule has 0 spiro atoms. The average Bonchev–Trinajstić information content (AvgIpc) is 2.27. The van der Waals surface area contributed by atoms with Crippen molar-refractivity contribution in [3.63, 3.8) is 0 Å². The lowest BCUT2D eigenvalue weighted by Gasteiger charge is -2.20. The second-order valence-electron chi connectivity index (χ2n) is 3.43. The molecule has 0 unspecified atom stereocenters. The summed E-state index contributed by atoms with van der Waals surface area (Å²) in [5.74, 6) is -0.932. The zero-order chi connectivity index (χ0) is 12.2. The highest BCUT2D eigenvalue weighted by Crippen LogP contribution is 2.35. The summed E-state index contributed by atoms with van der Waals surface area (Å²) in [5.41, 5.74) is 0.986. The number of rotatable bonds is 4. The van der Waals surface area contributed by atoms with E-state index in [0.717, 1.165) is 0 Å². The molecule has 0 amide bonds. The molecule has 0 saturated carbocycles. The first-order valence-electron chi connectivity index (χ1n) is 4.70. The van der Waals surface area contributed by atoms with E-state index in [1.165, 1.54) is 0 Å². The molecule has 1 N–H and O–H groups in total. The van der Waals surface area contributed by atoms with Gasteiger partial charge in [0, 0.05) is 11.8 Å². The van der Waals surface area contributed by atoms with Gasteiger partial charge in [-0.15, -0.1) is 0 Å². The van der Waals surface area contributed by atoms with E-state index < -0.39 is 10.0 Å². The molecular formula is C11H13NO2S2. The van der Waals surface area contributed by atoms with Crippen LogP contribution in [0, 0.1) is 0 Å². The van der Waals surface area contributed by atoms with E-state index in [9.17, 15) is 4.79 Å². The minimum atomic E-state index is -0.932. The third-order valence-electron chi connectivity index (χ3n) is 2.11. The molecule has 0 aromatic carbocycles. The third-order valence-corrected chi connectivity index (χ3v) is 2.93. The SMILES string of the molecule is CC(=CCC(S)(S)c1ccccn1)C(=O)O. The zero-order valence-electron chi connectivity index (χ0n) is 8.79. The monoisotopic (exact) mass is 255 g/mol. The van der Waals surface area contributed by atoms with Gasteiger partial charge in [-0.05, 0) is 25.5 Å². The number of carboxylic acid groups (broad SMARTS) is 1. The molecule has 1 aromatic heterocycles. The Kier molecular flexibility index (Phi) is 4.44. The standard InChI is InChI=1S/C11H13NO2S2/c1-8(10(13)14)5-6-11(15,16)9-4-2-3-7-12-9/h2-5,7,15-16H,6H2,1H3,(H,13,14). The topological polar surface area (TPSA) is 50.2 Å². The van der Waals surface area contributed by atoms with Crippen molar-refractivity contribution in [3.05, 3.63) is 41.7 Å². The maximum atomic E-state index is 10.6. The first kappa shape index (κ1) is 13.1. The highest BCUT2D eigenvalue weighted by atomic mass is 32.2. The van der Waals surface area contributed by atoms with E-state index in [1.807, 2.05) is 12.1 Å². The van der Waals surface area contributed by atoms with Gasteiger partial charge in [0.2, 0.25) is 0 Å². The van der Waals surface area contributed by atoms with E-state index in [0.29, 0.717) is 12.1 Å². The number of nitrogens with zero attached hydrogens (tertiary/aromatic N) is 1. The van der Waals surface area contributed by atoms with Gasteiger partial charge >= 0.3 is 5.97 Å². The number of carboxylic acids is 1. The average molecular weight is 255 g/mol. The smallest absolute Gasteiger partial charge is 0.330 e. The van der Waals surface area contributed by atoms with Crippen molar-refractivity contribution in [2.75, 3.05) is 0 Å². The second kappa shape index (κ2) is 5.41. The van der Waals surface area contributed by atoms with E-state index in [4.69, 9.17) is 5.11 Å². The predicted octanol–water partition coefficient (Wildman–Crippen LogP) is 2.52. The molecule has 16 heavy (non-hydrogen) atoms. The normalized spacial score (nSPS) is 12.6. The summed E-state index contributed by atoms with van der Waals surface area (Å²) >= 11 is 8.77. The van der Waals surface area contributed by atoms with Crippen LogP contribution in [0.3, 0.4) is 0 Å². The van der Waals surface area contributed by atoms with Gasteiger partial charge in [0.25, 0.3) is 0 Å². The van der Waals surface area contributed by atoms with Crippen molar-refractivity contribution < 1.29 is 9.90 Å². The number of allylic oxidation sites excluding steroid dienone is 1. The Bertz CT molecular complexity index is 402. The summed E-state index contributed by atoms with van der Waals surface area (Å²) in [6.45, 7) is 1.54. The molecule has 0 aliphatic carbocycles. The van der Waals surface area contributed by atoms with Gasteiger partial charge in [-0.3, -0.25) is 4.98 Å². The van der Waals surface area contributed by atoms with E-state index in [2.05, 4.69) is 30.2 Å². The van der Waals surface area contributed by atoms with Gasteiger partial charge in [-0.2, -0.15) is 25.3 Å². The van der Waals surface area contributed by atoms with E-state index >= 15 is 0 Å². The van der Waals surface area contributed by atoms with Crippen LogP contribution in [0.25, 0.3) is 0 Å². The van der Waals surface area contributed by atoms with Crippen LogP contribution in [0.2, 0.25) is 0 Å². The molecule has 0 saturated heterocycles. The Morgan fingerprint density at radius 2 is 2.25 bits per heavy atom. The van der Waals surface area contributed by atoms with Gasteiger partial charge in [-0.1, -0.05) is 12.1 Å². The van der Waals surface area contributed by atoms with Gasteiger partial charge in [0.15, 0.2) is 0 Å². The second-order valence-corrected chi connectivity index (χ2v) is 5.31. The van der Waals surface area contributed by atoms with E-state index in [1.54, 1.807) is 25.3 Å². The number of carbonyl (C=O) groups is 1. The molecule has 0 bridgehead atoms. The lowest BCUT2D eigenvalue weighted by molar-refractivity contribution is -0.132. The zero-order valence-corrected chi connectivity index (χ0v) is 10.6. The summed E-state index contributed by atoms with van der Waals surface area (Å²) in [6, 6.07) is 5.46. The molecule has 86 valence electrons. The highest BCUT2D eigenvalue weighted by Gasteiger charge is 2.23. The fourth-order valence-corrected chi connectivity index (χ4v) is 1.53. The largest absolute Gasteiger partial charge is 0.478 e. The maximum Gasteiger partial charge on any atom is 0.330 e.